The minimum Gasteiger partial charge on any atom is -0.369 e. The summed E-state index contributed by atoms with van der Waals surface area (Å²) < 4.78 is 1.77. The van der Waals surface area contributed by atoms with E-state index in [9.17, 15) is 4.79 Å². The van der Waals surface area contributed by atoms with Crippen LogP contribution in [0, 0.1) is 0 Å². The summed E-state index contributed by atoms with van der Waals surface area (Å²) in [6.07, 6.45) is 2.23. The zero-order valence-corrected chi connectivity index (χ0v) is 8.57. The Morgan fingerprint density at radius 3 is 3.00 bits per heavy atom. The molecule has 2 N–H and O–H groups in total. The molecule has 0 spiro atoms. The predicted molar refractivity (Wildman–Crippen MR) is 50.6 cm³/mol. The molecule has 1 saturated carbocycles. The van der Waals surface area contributed by atoms with E-state index in [1.165, 1.54) is 11.8 Å². The highest BCUT2D eigenvalue weighted by Gasteiger charge is 2.29. The lowest BCUT2D eigenvalue weighted by molar-refractivity contribution is -0.117. The summed E-state index contributed by atoms with van der Waals surface area (Å²) in [5.41, 5.74) is 5.16. The highest BCUT2D eigenvalue weighted by atomic mass is 32.2. The second-order valence-corrected chi connectivity index (χ2v) is 4.61. The first-order valence-corrected chi connectivity index (χ1v) is 5.30. The molecule has 1 aliphatic rings. The number of rotatable bonds is 4. The van der Waals surface area contributed by atoms with Crippen LogP contribution in [0.4, 0.5) is 0 Å². The van der Waals surface area contributed by atoms with Gasteiger partial charge >= 0.3 is 0 Å². The molecule has 1 amide bonds. The van der Waals surface area contributed by atoms with Crippen molar-refractivity contribution in [3.05, 3.63) is 0 Å². The third-order valence-corrected chi connectivity index (χ3v) is 3.10. The summed E-state index contributed by atoms with van der Waals surface area (Å²) in [5.74, 6) is -0.347. The molecule has 0 unspecified atom stereocenters. The lowest BCUT2D eigenvalue weighted by Crippen LogP contribution is -2.23. The second kappa shape index (κ2) is 3.56. The molecule has 14 heavy (non-hydrogen) atoms. The lowest BCUT2D eigenvalue weighted by Gasteiger charge is -2.05. The van der Waals surface area contributed by atoms with E-state index in [4.69, 9.17) is 5.73 Å². The highest BCUT2D eigenvalue weighted by molar-refractivity contribution is 8.00. The van der Waals surface area contributed by atoms with Gasteiger partial charge in [-0.3, -0.25) is 4.79 Å². The van der Waals surface area contributed by atoms with E-state index in [0.29, 0.717) is 11.2 Å². The largest absolute Gasteiger partial charge is 0.369 e. The van der Waals surface area contributed by atoms with Gasteiger partial charge in [0.15, 0.2) is 0 Å². The maximum Gasteiger partial charge on any atom is 0.230 e. The van der Waals surface area contributed by atoms with Crippen LogP contribution in [-0.4, -0.2) is 31.4 Å². The zero-order valence-electron chi connectivity index (χ0n) is 7.75. The van der Waals surface area contributed by atoms with Gasteiger partial charge in [-0.1, -0.05) is 11.8 Å². The average molecular weight is 213 g/mol. The molecule has 0 aliphatic heterocycles. The first kappa shape index (κ1) is 9.45. The lowest BCUT2D eigenvalue weighted by atomic mass is 10.5. The fraction of sp³-hybridized carbons (Fsp3) is 0.714. The Hall–Kier alpha value is -1.11. The second-order valence-electron chi connectivity index (χ2n) is 3.30. The molecule has 1 heterocycles. The molecule has 2 rings (SSSR count). The number of amides is 1. The Morgan fingerprint density at radius 1 is 1.71 bits per heavy atom. The van der Waals surface area contributed by atoms with Crippen LogP contribution in [0.1, 0.15) is 25.8 Å². The van der Waals surface area contributed by atoms with Crippen molar-refractivity contribution in [2.24, 2.45) is 5.73 Å². The molecule has 1 aromatic rings. The van der Waals surface area contributed by atoms with E-state index in [2.05, 4.69) is 15.5 Å². The van der Waals surface area contributed by atoms with E-state index in [-0.39, 0.29) is 11.2 Å². The van der Waals surface area contributed by atoms with Crippen LogP contribution in [-0.2, 0) is 4.79 Å². The van der Waals surface area contributed by atoms with Gasteiger partial charge in [0.05, 0.1) is 11.3 Å². The van der Waals surface area contributed by atoms with Gasteiger partial charge in [0.2, 0.25) is 11.1 Å². The number of carbonyl (C=O) groups is 1. The molecule has 1 aliphatic carbocycles. The first-order valence-electron chi connectivity index (χ1n) is 4.42. The molecule has 7 heteroatoms. The fourth-order valence-electron chi connectivity index (χ4n) is 1.03. The van der Waals surface area contributed by atoms with Crippen molar-refractivity contribution in [1.29, 1.82) is 0 Å². The molecule has 6 nitrogen and oxygen atoms in total. The Bertz CT molecular complexity index is 348. The monoisotopic (exact) mass is 213 g/mol. The average Bonchev–Trinajstić information content (AvgIpc) is 2.88. The Kier molecular flexibility index (Phi) is 2.40. The quantitative estimate of drug-likeness (QED) is 0.710. The zero-order chi connectivity index (χ0) is 10.1. The van der Waals surface area contributed by atoms with E-state index >= 15 is 0 Å². The van der Waals surface area contributed by atoms with E-state index in [0.717, 1.165) is 12.8 Å². The highest BCUT2D eigenvalue weighted by Crippen LogP contribution is 2.36. The molecule has 1 fully saturated rings. The van der Waals surface area contributed by atoms with Gasteiger partial charge in [0, 0.05) is 0 Å². The number of hydrogen-bond acceptors (Lipinski definition) is 5. The van der Waals surface area contributed by atoms with Gasteiger partial charge in [-0.2, -0.15) is 0 Å². The number of aromatic nitrogens is 4. The van der Waals surface area contributed by atoms with Gasteiger partial charge in [0.25, 0.3) is 0 Å². The minimum atomic E-state index is -0.347. The summed E-state index contributed by atoms with van der Waals surface area (Å²) in [6.45, 7) is 1.75. The number of nitrogens with zero attached hydrogens (tertiary/aromatic N) is 4. The Morgan fingerprint density at radius 2 is 2.43 bits per heavy atom. The fourth-order valence-corrected chi connectivity index (χ4v) is 1.84. The van der Waals surface area contributed by atoms with Crippen LogP contribution in [0.5, 0.6) is 0 Å². The standard InChI is InChI=1S/C7H11N5OS/c1-4(6(8)13)14-7-9-10-11-12(7)5-2-3-5/h4-5H,2-3H2,1H3,(H2,8,13)/t4-/m0/s1. The van der Waals surface area contributed by atoms with E-state index < -0.39 is 0 Å². The molecule has 0 aromatic carbocycles. The maximum absolute atomic E-state index is 10.8. The third kappa shape index (κ3) is 1.87. The Balaban J connectivity index is 2.08. The van der Waals surface area contributed by atoms with Gasteiger partial charge < -0.3 is 5.73 Å². The smallest absolute Gasteiger partial charge is 0.230 e. The molecule has 1 aromatic heterocycles. The van der Waals surface area contributed by atoms with Gasteiger partial charge in [0.1, 0.15) is 0 Å². The van der Waals surface area contributed by atoms with Crippen molar-refractivity contribution in [1.82, 2.24) is 20.2 Å². The number of primary amides is 1. The van der Waals surface area contributed by atoms with Crippen LogP contribution >= 0.6 is 11.8 Å². The van der Waals surface area contributed by atoms with Gasteiger partial charge in [-0.05, 0) is 30.2 Å². The predicted octanol–water partition coefficient (Wildman–Crippen LogP) is -0.0261. The van der Waals surface area contributed by atoms with E-state index in [1.807, 2.05) is 0 Å². The van der Waals surface area contributed by atoms with Crippen molar-refractivity contribution in [2.45, 2.75) is 36.2 Å². The van der Waals surface area contributed by atoms with Crippen molar-refractivity contribution < 1.29 is 4.79 Å². The van der Waals surface area contributed by atoms with Crippen LogP contribution in [0.3, 0.4) is 0 Å². The molecule has 0 radical (unpaired) electrons. The maximum atomic E-state index is 10.8. The molecule has 0 bridgehead atoms. The topological polar surface area (TPSA) is 86.7 Å². The molecule has 76 valence electrons. The van der Waals surface area contributed by atoms with Gasteiger partial charge in [-0.15, -0.1) is 5.10 Å². The van der Waals surface area contributed by atoms with Crippen LogP contribution < -0.4 is 5.73 Å². The van der Waals surface area contributed by atoms with Crippen molar-refractivity contribution in [2.75, 3.05) is 0 Å². The number of thioether (sulfide) groups is 1. The first-order chi connectivity index (χ1) is 6.68. The normalized spacial score (nSPS) is 18.1. The number of nitrogens with two attached hydrogens (primary N) is 1. The minimum absolute atomic E-state index is 0.293. The van der Waals surface area contributed by atoms with Crippen LogP contribution in [0.25, 0.3) is 0 Å². The third-order valence-electron chi connectivity index (χ3n) is 2.04. The molecule has 0 saturated heterocycles. The summed E-state index contributed by atoms with van der Waals surface area (Å²) >= 11 is 1.31. The van der Waals surface area contributed by atoms with Crippen molar-refractivity contribution >= 4 is 17.7 Å². The number of carbonyl (C=O) groups excluding carboxylic acids is 1. The SMILES string of the molecule is C[C@H](Sc1nnnn1C1CC1)C(N)=O. The summed E-state index contributed by atoms with van der Waals surface area (Å²) in [6, 6.07) is 0.424. The summed E-state index contributed by atoms with van der Waals surface area (Å²) in [4.78, 5) is 10.8. The molecule has 1 atom stereocenters. The van der Waals surface area contributed by atoms with Crippen molar-refractivity contribution in [3.63, 3.8) is 0 Å². The number of hydrogen-bond donors (Lipinski definition) is 1. The summed E-state index contributed by atoms with van der Waals surface area (Å²) in [5, 5.41) is 11.7. The van der Waals surface area contributed by atoms with Crippen molar-refractivity contribution in [3.8, 4) is 0 Å². The van der Waals surface area contributed by atoms with Crippen LogP contribution in [0.15, 0.2) is 5.16 Å². The van der Waals surface area contributed by atoms with Gasteiger partial charge in [-0.25, -0.2) is 4.68 Å². The molecular formula is C7H11N5OS. The summed E-state index contributed by atoms with van der Waals surface area (Å²) in [7, 11) is 0. The Labute approximate surface area is 85.2 Å². The molecular weight excluding hydrogens is 202 g/mol. The number of tetrazole rings is 1. The van der Waals surface area contributed by atoms with Crippen LogP contribution in [0.2, 0.25) is 0 Å². The van der Waals surface area contributed by atoms with E-state index in [1.54, 1.807) is 11.6 Å².